The van der Waals surface area contributed by atoms with E-state index in [1.807, 2.05) is 13.8 Å². The molecule has 3 aliphatic rings. The number of nitrogens with zero attached hydrogens (tertiary/aromatic N) is 1. The maximum absolute atomic E-state index is 12.7. The predicted molar refractivity (Wildman–Crippen MR) is 124 cm³/mol. The van der Waals surface area contributed by atoms with Gasteiger partial charge in [-0.2, -0.15) is 0 Å². The van der Waals surface area contributed by atoms with Crippen molar-refractivity contribution < 1.29 is 14.3 Å². The second-order valence-corrected chi connectivity index (χ2v) is 10.6. The van der Waals surface area contributed by atoms with Crippen molar-refractivity contribution in [2.75, 3.05) is 31.2 Å². The number of nitrogens with one attached hydrogen (secondary N) is 1. The molecule has 4 rings (SSSR count). The topological polar surface area (TPSA) is 50.8 Å². The lowest BCUT2D eigenvalue weighted by molar-refractivity contribution is -0.155. The molecule has 5 heteroatoms. The van der Waals surface area contributed by atoms with Gasteiger partial charge in [0.05, 0.1) is 25.4 Å². The lowest BCUT2D eigenvalue weighted by atomic mass is 9.66. The standard InChI is InChI=1S/C26H40N2O3/c1-17(2)25(29)27-26(5)16-24(31-23-14-18(3)6-9-22(23)26)21-8-7-20(15-19(21)4)28-10-12-30-13-11-28/h7-8,15,17-18,22-24H,6,9-14,16H2,1-5H3,(H,27,29)/t18-,22-,23-,24-,26-/m1/s1. The Morgan fingerprint density at radius 2 is 1.97 bits per heavy atom. The Labute approximate surface area is 187 Å². The molecule has 2 saturated heterocycles. The number of fused-ring (bicyclic) bond motifs is 1. The molecular formula is C26H40N2O3. The zero-order valence-electron chi connectivity index (χ0n) is 19.9. The quantitative estimate of drug-likeness (QED) is 0.760. The highest BCUT2D eigenvalue weighted by molar-refractivity contribution is 5.78. The molecule has 2 heterocycles. The molecule has 0 bridgehead atoms. The van der Waals surface area contributed by atoms with Crippen LogP contribution in [0.25, 0.3) is 0 Å². The molecule has 0 unspecified atom stereocenters. The van der Waals surface area contributed by atoms with Crippen LogP contribution in [0.2, 0.25) is 0 Å². The summed E-state index contributed by atoms with van der Waals surface area (Å²) < 4.78 is 12.3. The predicted octanol–water partition coefficient (Wildman–Crippen LogP) is 4.63. The minimum atomic E-state index is -0.232. The van der Waals surface area contributed by atoms with Crippen LogP contribution >= 0.6 is 0 Å². The fraction of sp³-hybridized carbons (Fsp3) is 0.731. The Morgan fingerprint density at radius 1 is 1.23 bits per heavy atom. The van der Waals surface area contributed by atoms with E-state index >= 15 is 0 Å². The number of carbonyl (C=O) groups excluding carboxylic acids is 1. The fourth-order valence-corrected chi connectivity index (χ4v) is 5.80. The minimum Gasteiger partial charge on any atom is -0.378 e. The van der Waals surface area contributed by atoms with Gasteiger partial charge in [-0.05, 0) is 55.9 Å². The van der Waals surface area contributed by atoms with E-state index in [-0.39, 0.29) is 29.6 Å². The summed E-state index contributed by atoms with van der Waals surface area (Å²) in [5.41, 5.74) is 3.57. The van der Waals surface area contributed by atoms with Crippen LogP contribution in [0.15, 0.2) is 18.2 Å². The number of carbonyl (C=O) groups is 1. The molecule has 5 atom stereocenters. The van der Waals surface area contributed by atoms with Crippen molar-refractivity contribution in [1.29, 1.82) is 0 Å². The van der Waals surface area contributed by atoms with E-state index in [4.69, 9.17) is 9.47 Å². The Hall–Kier alpha value is -1.59. The van der Waals surface area contributed by atoms with E-state index in [0.29, 0.717) is 11.8 Å². The van der Waals surface area contributed by atoms with Gasteiger partial charge < -0.3 is 19.7 Å². The first kappa shape index (κ1) is 22.6. The van der Waals surface area contributed by atoms with Gasteiger partial charge in [0.25, 0.3) is 0 Å². The van der Waals surface area contributed by atoms with Gasteiger partial charge in [-0.3, -0.25) is 4.79 Å². The van der Waals surface area contributed by atoms with Crippen LogP contribution in [-0.4, -0.2) is 43.9 Å². The number of rotatable bonds is 4. The number of amides is 1. The van der Waals surface area contributed by atoms with Crippen LogP contribution in [0, 0.1) is 24.7 Å². The monoisotopic (exact) mass is 428 g/mol. The van der Waals surface area contributed by atoms with Crippen LogP contribution in [0.3, 0.4) is 0 Å². The Kier molecular flexibility index (Phi) is 6.64. The van der Waals surface area contributed by atoms with E-state index in [9.17, 15) is 4.79 Å². The average molecular weight is 429 g/mol. The molecule has 1 saturated carbocycles. The van der Waals surface area contributed by atoms with Gasteiger partial charge in [-0.25, -0.2) is 0 Å². The molecule has 0 radical (unpaired) electrons. The molecule has 1 N–H and O–H groups in total. The number of anilines is 1. The van der Waals surface area contributed by atoms with Gasteiger partial charge in [0.2, 0.25) is 5.91 Å². The largest absolute Gasteiger partial charge is 0.378 e. The van der Waals surface area contributed by atoms with E-state index < -0.39 is 0 Å². The van der Waals surface area contributed by atoms with Gasteiger partial charge in [0.15, 0.2) is 0 Å². The Morgan fingerprint density at radius 3 is 2.65 bits per heavy atom. The van der Waals surface area contributed by atoms with Crippen molar-refractivity contribution in [3.63, 3.8) is 0 Å². The molecule has 172 valence electrons. The highest BCUT2D eigenvalue weighted by Gasteiger charge is 2.49. The summed E-state index contributed by atoms with van der Waals surface area (Å²) in [5, 5.41) is 3.45. The molecule has 3 fully saturated rings. The zero-order valence-corrected chi connectivity index (χ0v) is 19.9. The van der Waals surface area contributed by atoms with Gasteiger partial charge in [0.1, 0.15) is 0 Å². The summed E-state index contributed by atoms with van der Waals surface area (Å²) in [6.45, 7) is 14.2. The van der Waals surface area contributed by atoms with E-state index in [2.05, 4.69) is 49.2 Å². The first-order chi connectivity index (χ1) is 14.8. The van der Waals surface area contributed by atoms with E-state index in [0.717, 1.165) is 45.6 Å². The normalized spacial score (nSPS) is 33.8. The Bertz CT molecular complexity index is 789. The smallest absolute Gasteiger partial charge is 0.222 e. The highest BCUT2D eigenvalue weighted by Crippen LogP contribution is 2.48. The average Bonchev–Trinajstić information content (AvgIpc) is 2.73. The lowest BCUT2D eigenvalue weighted by Gasteiger charge is -2.52. The summed E-state index contributed by atoms with van der Waals surface area (Å²) in [7, 11) is 0. The molecule has 0 aromatic heterocycles. The van der Waals surface area contributed by atoms with Crippen molar-refractivity contribution >= 4 is 11.6 Å². The number of benzene rings is 1. The second-order valence-electron chi connectivity index (χ2n) is 10.6. The molecule has 1 amide bonds. The highest BCUT2D eigenvalue weighted by atomic mass is 16.5. The summed E-state index contributed by atoms with van der Waals surface area (Å²) in [4.78, 5) is 15.1. The third-order valence-corrected chi connectivity index (χ3v) is 7.73. The number of ether oxygens (including phenoxy) is 2. The number of morpholine rings is 1. The van der Waals surface area contributed by atoms with Crippen molar-refractivity contribution in [2.45, 2.75) is 78.0 Å². The van der Waals surface area contributed by atoms with Gasteiger partial charge in [0, 0.05) is 42.6 Å². The maximum atomic E-state index is 12.7. The number of aryl methyl sites for hydroxylation is 1. The number of hydrogen-bond acceptors (Lipinski definition) is 4. The van der Waals surface area contributed by atoms with Crippen LogP contribution in [-0.2, 0) is 14.3 Å². The molecule has 5 nitrogen and oxygen atoms in total. The fourth-order valence-electron chi connectivity index (χ4n) is 5.80. The van der Waals surface area contributed by atoms with Crippen molar-refractivity contribution in [3.8, 4) is 0 Å². The third kappa shape index (κ3) is 4.78. The van der Waals surface area contributed by atoms with Crippen molar-refractivity contribution in [2.24, 2.45) is 17.8 Å². The first-order valence-electron chi connectivity index (χ1n) is 12.2. The van der Waals surface area contributed by atoms with Crippen molar-refractivity contribution in [3.05, 3.63) is 29.3 Å². The van der Waals surface area contributed by atoms with Gasteiger partial charge >= 0.3 is 0 Å². The van der Waals surface area contributed by atoms with E-state index in [1.54, 1.807) is 0 Å². The van der Waals surface area contributed by atoms with Gasteiger partial charge in [-0.1, -0.05) is 33.3 Å². The van der Waals surface area contributed by atoms with Gasteiger partial charge in [-0.15, -0.1) is 0 Å². The summed E-state index contributed by atoms with van der Waals surface area (Å²) in [6.07, 6.45) is 4.48. The van der Waals surface area contributed by atoms with Crippen LogP contribution in [0.5, 0.6) is 0 Å². The molecule has 1 aliphatic carbocycles. The lowest BCUT2D eigenvalue weighted by Crippen LogP contribution is -2.61. The molecule has 2 aliphatic heterocycles. The van der Waals surface area contributed by atoms with Crippen LogP contribution in [0.1, 0.15) is 70.6 Å². The molecule has 31 heavy (non-hydrogen) atoms. The van der Waals surface area contributed by atoms with Crippen LogP contribution < -0.4 is 10.2 Å². The molecule has 1 aromatic rings. The molecular weight excluding hydrogens is 388 g/mol. The summed E-state index contributed by atoms with van der Waals surface area (Å²) in [5.74, 6) is 1.21. The number of hydrogen-bond donors (Lipinski definition) is 1. The maximum Gasteiger partial charge on any atom is 0.222 e. The zero-order chi connectivity index (χ0) is 22.2. The Balaban J connectivity index is 1.59. The SMILES string of the molecule is Cc1cc(N2CCOCC2)ccc1[C@H]1C[C@@](C)(NC(=O)C(C)C)[C@@H]2CC[C@@H](C)C[C@H]2O1. The minimum absolute atomic E-state index is 0.00590. The van der Waals surface area contributed by atoms with Crippen molar-refractivity contribution in [1.82, 2.24) is 5.32 Å². The molecule has 0 spiro atoms. The third-order valence-electron chi connectivity index (χ3n) is 7.73. The summed E-state index contributed by atoms with van der Waals surface area (Å²) in [6, 6.07) is 6.78. The molecule has 1 aromatic carbocycles. The van der Waals surface area contributed by atoms with E-state index in [1.165, 1.54) is 23.2 Å². The first-order valence-corrected chi connectivity index (χ1v) is 12.2. The second kappa shape index (κ2) is 9.11. The van der Waals surface area contributed by atoms with Crippen LogP contribution in [0.4, 0.5) is 5.69 Å². The summed E-state index contributed by atoms with van der Waals surface area (Å²) >= 11 is 0.